The monoisotopic (exact) mass is 369 g/mol. The summed E-state index contributed by atoms with van der Waals surface area (Å²) in [7, 11) is -2.91. The highest BCUT2D eigenvalue weighted by Gasteiger charge is 2.24. The highest BCUT2D eigenvalue weighted by Crippen LogP contribution is 2.19. The molecule has 0 radical (unpaired) electrons. The highest BCUT2D eigenvalue weighted by atomic mass is 35.5. The number of hydrogen-bond donors (Lipinski definition) is 0. The Morgan fingerprint density at radius 2 is 2.04 bits per heavy atom. The van der Waals surface area contributed by atoms with Gasteiger partial charge in [-0.05, 0) is 37.6 Å². The van der Waals surface area contributed by atoms with Crippen LogP contribution in [0.5, 0.6) is 0 Å². The van der Waals surface area contributed by atoms with Gasteiger partial charge >= 0.3 is 0 Å². The lowest BCUT2D eigenvalue weighted by Gasteiger charge is -2.25. The van der Waals surface area contributed by atoms with Crippen molar-refractivity contribution in [1.82, 2.24) is 15.0 Å². The van der Waals surface area contributed by atoms with Gasteiger partial charge in [-0.2, -0.15) is 4.98 Å². The van der Waals surface area contributed by atoms with Gasteiger partial charge in [0, 0.05) is 36.1 Å². The van der Waals surface area contributed by atoms with Crippen molar-refractivity contribution in [3.63, 3.8) is 0 Å². The Hall–Kier alpha value is -1.44. The fourth-order valence-corrected chi connectivity index (χ4v) is 4.30. The summed E-state index contributed by atoms with van der Waals surface area (Å²) in [6.45, 7) is 3.33. The zero-order chi connectivity index (χ0) is 17.2. The van der Waals surface area contributed by atoms with Crippen LogP contribution in [0.4, 0.5) is 0 Å². The standard InChI is InChI=1S/C16H20ClN3O3S/c1-12-7-10-24(21,22)11-9-20(12)8-6-15-18-16(19-23-15)13-2-4-14(17)5-3-13/h2-5,12H,6-11H2,1H3. The highest BCUT2D eigenvalue weighted by molar-refractivity contribution is 7.91. The Kier molecular flexibility index (Phi) is 5.22. The summed E-state index contributed by atoms with van der Waals surface area (Å²) in [4.78, 5) is 6.58. The summed E-state index contributed by atoms with van der Waals surface area (Å²) < 4.78 is 28.8. The van der Waals surface area contributed by atoms with Gasteiger partial charge in [-0.1, -0.05) is 16.8 Å². The van der Waals surface area contributed by atoms with E-state index in [0.717, 1.165) is 5.56 Å². The van der Waals surface area contributed by atoms with E-state index in [1.165, 1.54) is 0 Å². The molecule has 0 aliphatic carbocycles. The van der Waals surface area contributed by atoms with Crippen molar-refractivity contribution in [1.29, 1.82) is 0 Å². The first-order valence-electron chi connectivity index (χ1n) is 7.96. The van der Waals surface area contributed by atoms with Gasteiger partial charge in [0.15, 0.2) is 9.84 Å². The quantitative estimate of drug-likeness (QED) is 0.823. The van der Waals surface area contributed by atoms with Crippen LogP contribution >= 0.6 is 11.6 Å². The molecule has 0 amide bonds. The third kappa shape index (κ3) is 4.34. The smallest absolute Gasteiger partial charge is 0.228 e. The van der Waals surface area contributed by atoms with E-state index in [1.807, 2.05) is 12.1 Å². The molecule has 0 bridgehead atoms. The van der Waals surface area contributed by atoms with Crippen molar-refractivity contribution in [2.24, 2.45) is 0 Å². The van der Waals surface area contributed by atoms with Crippen molar-refractivity contribution < 1.29 is 12.9 Å². The normalized spacial score (nSPS) is 21.5. The molecule has 1 atom stereocenters. The minimum Gasteiger partial charge on any atom is -0.339 e. The average molecular weight is 370 g/mol. The van der Waals surface area contributed by atoms with Crippen LogP contribution in [0.1, 0.15) is 19.2 Å². The van der Waals surface area contributed by atoms with E-state index in [-0.39, 0.29) is 17.5 Å². The summed E-state index contributed by atoms with van der Waals surface area (Å²) in [5.74, 6) is 1.58. The molecule has 0 spiro atoms. The van der Waals surface area contributed by atoms with Gasteiger partial charge in [0.2, 0.25) is 11.7 Å². The minimum atomic E-state index is -2.91. The molecule has 1 unspecified atom stereocenters. The van der Waals surface area contributed by atoms with Crippen LogP contribution < -0.4 is 0 Å². The van der Waals surface area contributed by atoms with Crippen molar-refractivity contribution in [3.05, 3.63) is 35.2 Å². The van der Waals surface area contributed by atoms with Crippen LogP contribution in [-0.4, -0.2) is 54.1 Å². The first-order valence-corrected chi connectivity index (χ1v) is 10.2. The molecule has 130 valence electrons. The van der Waals surface area contributed by atoms with E-state index < -0.39 is 9.84 Å². The molecule has 1 saturated heterocycles. The third-order valence-corrected chi connectivity index (χ3v) is 6.26. The molecular weight excluding hydrogens is 350 g/mol. The maximum Gasteiger partial charge on any atom is 0.228 e. The van der Waals surface area contributed by atoms with Gasteiger partial charge < -0.3 is 4.52 Å². The molecule has 8 heteroatoms. The molecule has 0 N–H and O–H groups in total. The molecule has 1 aromatic heterocycles. The molecule has 1 aromatic carbocycles. The van der Waals surface area contributed by atoms with Crippen molar-refractivity contribution >= 4 is 21.4 Å². The van der Waals surface area contributed by atoms with E-state index in [9.17, 15) is 8.42 Å². The maximum atomic E-state index is 11.7. The summed E-state index contributed by atoms with van der Waals surface area (Å²) >= 11 is 5.87. The summed E-state index contributed by atoms with van der Waals surface area (Å²) in [6.07, 6.45) is 1.27. The minimum absolute atomic E-state index is 0.219. The number of benzene rings is 1. The number of sulfone groups is 1. The van der Waals surface area contributed by atoms with E-state index in [1.54, 1.807) is 12.1 Å². The zero-order valence-electron chi connectivity index (χ0n) is 13.5. The number of aromatic nitrogens is 2. The fraction of sp³-hybridized carbons (Fsp3) is 0.500. The lowest BCUT2D eigenvalue weighted by molar-refractivity contribution is 0.215. The van der Waals surface area contributed by atoms with E-state index >= 15 is 0 Å². The average Bonchev–Trinajstić information content (AvgIpc) is 2.97. The van der Waals surface area contributed by atoms with Crippen LogP contribution in [0.2, 0.25) is 5.02 Å². The molecular formula is C16H20ClN3O3S. The molecule has 2 heterocycles. The predicted octanol–water partition coefficient (Wildman–Crippen LogP) is 2.44. The Labute approximate surface area is 146 Å². The molecule has 1 aliphatic rings. The Morgan fingerprint density at radius 1 is 1.29 bits per heavy atom. The molecule has 3 rings (SSSR count). The van der Waals surface area contributed by atoms with Gasteiger partial charge in [0.05, 0.1) is 11.5 Å². The van der Waals surface area contributed by atoms with Crippen molar-refractivity contribution in [2.45, 2.75) is 25.8 Å². The second-order valence-corrected chi connectivity index (χ2v) is 8.83. The number of rotatable bonds is 4. The lowest BCUT2D eigenvalue weighted by Crippen LogP contribution is -2.35. The molecule has 6 nitrogen and oxygen atoms in total. The number of hydrogen-bond acceptors (Lipinski definition) is 6. The summed E-state index contributed by atoms with van der Waals surface area (Å²) in [5.41, 5.74) is 0.851. The van der Waals surface area contributed by atoms with Gasteiger partial charge in [0.1, 0.15) is 0 Å². The second-order valence-electron chi connectivity index (χ2n) is 6.09. The van der Waals surface area contributed by atoms with Crippen LogP contribution in [0, 0.1) is 0 Å². The van der Waals surface area contributed by atoms with Crippen molar-refractivity contribution in [2.75, 3.05) is 24.6 Å². The third-order valence-electron chi connectivity index (χ3n) is 4.34. The first kappa shape index (κ1) is 17.4. The maximum absolute atomic E-state index is 11.7. The summed E-state index contributed by atoms with van der Waals surface area (Å²) in [6, 6.07) is 7.50. The topological polar surface area (TPSA) is 76.3 Å². The van der Waals surface area contributed by atoms with Crippen LogP contribution in [-0.2, 0) is 16.3 Å². The van der Waals surface area contributed by atoms with Crippen LogP contribution in [0.3, 0.4) is 0 Å². The van der Waals surface area contributed by atoms with Gasteiger partial charge in [0.25, 0.3) is 0 Å². The summed E-state index contributed by atoms with van der Waals surface area (Å²) in [5, 5.41) is 4.66. The molecule has 24 heavy (non-hydrogen) atoms. The largest absolute Gasteiger partial charge is 0.339 e. The molecule has 2 aromatic rings. The predicted molar refractivity (Wildman–Crippen MR) is 92.8 cm³/mol. The van der Waals surface area contributed by atoms with E-state index in [2.05, 4.69) is 22.0 Å². The van der Waals surface area contributed by atoms with Crippen LogP contribution in [0.25, 0.3) is 11.4 Å². The Balaban J connectivity index is 1.62. The van der Waals surface area contributed by atoms with Gasteiger partial charge in [-0.15, -0.1) is 0 Å². The second kappa shape index (κ2) is 7.21. The van der Waals surface area contributed by atoms with Crippen LogP contribution in [0.15, 0.2) is 28.8 Å². The fourth-order valence-electron chi connectivity index (χ4n) is 2.76. The number of halogens is 1. The Bertz CT molecular complexity index is 789. The lowest BCUT2D eigenvalue weighted by atomic mass is 10.2. The Morgan fingerprint density at radius 3 is 2.79 bits per heavy atom. The number of nitrogens with zero attached hydrogens (tertiary/aromatic N) is 3. The first-order chi connectivity index (χ1) is 11.4. The van der Waals surface area contributed by atoms with Gasteiger partial charge in [-0.3, -0.25) is 4.90 Å². The van der Waals surface area contributed by atoms with Crippen molar-refractivity contribution in [3.8, 4) is 11.4 Å². The zero-order valence-corrected chi connectivity index (χ0v) is 15.1. The van der Waals surface area contributed by atoms with E-state index in [0.29, 0.717) is 42.7 Å². The van der Waals surface area contributed by atoms with Gasteiger partial charge in [-0.25, -0.2) is 8.42 Å². The molecule has 1 aliphatic heterocycles. The molecule has 0 saturated carbocycles. The molecule has 1 fully saturated rings. The SMILES string of the molecule is CC1CCS(=O)(=O)CCN1CCc1nc(-c2ccc(Cl)cc2)no1. The van der Waals surface area contributed by atoms with E-state index in [4.69, 9.17) is 16.1 Å².